The highest BCUT2D eigenvalue weighted by atomic mass is 32.2. The Morgan fingerprint density at radius 1 is 1.30 bits per heavy atom. The minimum absolute atomic E-state index is 0.0870. The van der Waals surface area contributed by atoms with Crippen molar-refractivity contribution in [1.82, 2.24) is 4.31 Å². The average molecular weight is 294 g/mol. The number of terminal acetylenes is 1. The summed E-state index contributed by atoms with van der Waals surface area (Å²) in [6.07, 6.45) is 6.81. The summed E-state index contributed by atoms with van der Waals surface area (Å²) in [7, 11) is -3.55. The number of benzene rings is 1. The maximum absolute atomic E-state index is 12.6. The molecule has 0 heterocycles. The Labute approximate surface area is 122 Å². The van der Waals surface area contributed by atoms with Crippen molar-refractivity contribution < 1.29 is 8.42 Å². The van der Waals surface area contributed by atoms with E-state index in [2.05, 4.69) is 5.92 Å². The van der Waals surface area contributed by atoms with Crippen LogP contribution in [-0.2, 0) is 23.0 Å². The summed E-state index contributed by atoms with van der Waals surface area (Å²) in [6.45, 7) is 4.77. The second-order valence-electron chi connectivity index (χ2n) is 4.53. The molecule has 1 rings (SSSR count). The van der Waals surface area contributed by atoms with Crippen molar-refractivity contribution >= 4 is 10.0 Å². The van der Waals surface area contributed by atoms with Gasteiger partial charge in [0.2, 0.25) is 10.0 Å². The molecule has 0 fully saturated rings. The van der Waals surface area contributed by atoms with Crippen molar-refractivity contribution in [3.8, 4) is 12.3 Å². The maximum Gasteiger partial charge on any atom is 0.243 e. The molecule has 20 heavy (non-hydrogen) atoms. The number of sulfonamides is 1. The first-order valence-corrected chi connectivity index (χ1v) is 8.20. The van der Waals surface area contributed by atoms with Gasteiger partial charge in [0.1, 0.15) is 0 Å². The molecule has 0 saturated heterocycles. The fourth-order valence-electron chi connectivity index (χ4n) is 2.08. The molecule has 2 N–H and O–H groups in total. The predicted octanol–water partition coefficient (Wildman–Crippen LogP) is 1.74. The Bertz CT molecular complexity index is 588. The lowest BCUT2D eigenvalue weighted by Crippen LogP contribution is -2.32. The number of aryl methyl sites for hydroxylation is 1. The Hall–Kier alpha value is -1.35. The molecule has 0 atom stereocenters. The van der Waals surface area contributed by atoms with Crippen LogP contribution in [0.25, 0.3) is 0 Å². The zero-order valence-electron chi connectivity index (χ0n) is 12.1. The molecule has 0 amide bonds. The molecule has 0 aliphatic heterocycles. The summed E-state index contributed by atoms with van der Waals surface area (Å²) in [4.78, 5) is 0.263. The summed E-state index contributed by atoms with van der Waals surface area (Å²) < 4.78 is 26.5. The van der Waals surface area contributed by atoms with Crippen molar-refractivity contribution in [1.29, 1.82) is 0 Å². The van der Waals surface area contributed by atoms with Gasteiger partial charge in [-0.05, 0) is 36.1 Å². The van der Waals surface area contributed by atoms with Crippen LogP contribution in [0.2, 0.25) is 0 Å². The SMILES string of the molecule is C#CCN(CCC)S(=O)(=O)c1ccc(CC)c(CN)c1. The molecule has 0 aliphatic carbocycles. The summed E-state index contributed by atoms with van der Waals surface area (Å²) in [6, 6.07) is 5.12. The molecular formula is C15H22N2O2S. The van der Waals surface area contributed by atoms with Gasteiger partial charge < -0.3 is 5.73 Å². The van der Waals surface area contributed by atoms with E-state index >= 15 is 0 Å². The van der Waals surface area contributed by atoms with Crippen molar-refractivity contribution in [3.63, 3.8) is 0 Å². The Morgan fingerprint density at radius 3 is 2.50 bits per heavy atom. The summed E-state index contributed by atoms with van der Waals surface area (Å²) in [5.41, 5.74) is 7.63. The molecule has 0 saturated carbocycles. The van der Waals surface area contributed by atoms with E-state index < -0.39 is 10.0 Å². The number of nitrogens with zero attached hydrogens (tertiary/aromatic N) is 1. The van der Waals surface area contributed by atoms with Crippen LogP contribution in [0, 0.1) is 12.3 Å². The Morgan fingerprint density at radius 2 is 2.00 bits per heavy atom. The standard InChI is InChI=1S/C15H22N2O2S/c1-4-9-17(10-5-2)20(18,19)15-8-7-13(6-3)14(11-15)12-16/h1,7-8,11H,5-6,9-10,12,16H2,2-3H3. The van der Waals surface area contributed by atoms with Crippen molar-refractivity contribution in [3.05, 3.63) is 29.3 Å². The number of rotatable bonds is 7. The van der Waals surface area contributed by atoms with E-state index in [4.69, 9.17) is 12.2 Å². The van der Waals surface area contributed by atoms with Gasteiger partial charge in [-0.3, -0.25) is 0 Å². The largest absolute Gasteiger partial charge is 0.326 e. The quantitative estimate of drug-likeness (QED) is 0.779. The number of hydrogen-bond acceptors (Lipinski definition) is 3. The summed E-state index contributed by atoms with van der Waals surface area (Å²) in [5.74, 6) is 2.40. The molecule has 4 nitrogen and oxygen atoms in total. The normalized spacial score (nSPS) is 11.6. The fraction of sp³-hybridized carbons (Fsp3) is 0.467. The van der Waals surface area contributed by atoms with Crippen molar-refractivity contribution in [2.24, 2.45) is 5.73 Å². The van der Waals surface area contributed by atoms with E-state index in [1.807, 2.05) is 19.9 Å². The van der Waals surface area contributed by atoms with E-state index in [-0.39, 0.29) is 11.4 Å². The minimum Gasteiger partial charge on any atom is -0.326 e. The average Bonchev–Trinajstić information content (AvgIpc) is 2.46. The second kappa shape index (κ2) is 7.44. The summed E-state index contributed by atoms with van der Waals surface area (Å²) >= 11 is 0. The van der Waals surface area contributed by atoms with Gasteiger partial charge >= 0.3 is 0 Å². The Balaban J connectivity index is 3.23. The lowest BCUT2D eigenvalue weighted by atomic mass is 10.1. The van der Waals surface area contributed by atoms with E-state index in [1.54, 1.807) is 12.1 Å². The molecule has 1 aromatic carbocycles. The molecule has 0 radical (unpaired) electrons. The van der Waals surface area contributed by atoms with Gasteiger partial charge in [-0.25, -0.2) is 8.42 Å². The van der Waals surface area contributed by atoms with Crippen LogP contribution in [0.4, 0.5) is 0 Å². The third kappa shape index (κ3) is 3.60. The second-order valence-corrected chi connectivity index (χ2v) is 6.47. The molecule has 0 unspecified atom stereocenters. The van der Waals surface area contributed by atoms with Crippen LogP contribution in [0.1, 0.15) is 31.4 Å². The van der Waals surface area contributed by atoms with Crippen LogP contribution in [0.15, 0.2) is 23.1 Å². The molecule has 0 spiro atoms. The highest BCUT2D eigenvalue weighted by Gasteiger charge is 2.23. The van der Waals surface area contributed by atoms with Gasteiger partial charge in [-0.1, -0.05) is 25.8 Å². The highest BCUT2D eigenvalue weighted by molar-refractivity contribution is 7.89. The van der Waals surface area contributed by atoms with Gasteiger partial charge in [0.15, 0.2) is 0 Å². The van der Waals surface area contributed by atoms with Crippen molar-refractivity contribution in [2.75, 3.05) is 13.1 Å². The van der Waals surface area contributed by atoms with Gasteiger partial charge in [-0.2, -0.15) is 4.31 Å². The van der Waals surface area contributed by atoms with Gasteiger partial charge in [0.05, 0.1) is 11.4 Å². The van der Waals surface area contributed by atoms with Crippen molar-refractivity contribution in [2.45, 2.75) is 38.1 Å². The first-order valence-electron chi connectivity index (χ1n) is 6.76. The smallest absolute Gasteiger partial charge is 0.243 e. The minimum atomic E-state index is -3.55. The fourth-order valence-corrected chi connectivity index (χ4v) is 3.58. The van der Waals surface area contributed by atoms with Crippen LogP contribution in [-0.4, -0.2) is 25.8 Å². The Kier molecular flexibility index (Phi) is 6.21. The lowest BCUT2D eigenvalue weighted by molar-refractivity contribution is 0.445. The molecule has 0 aromatic heterocycles. The molecular weight excluding hydrogens is 272 g/mol. The van der Waals surface area contributed by atoms with E-state index in [9.17, 15) is 8.42 Å². The molecule has 0 bridgehead atoms. The van der Waals surface area contributed by atoms with Gasteiger partial charge in [0, 0.05) is 13.1 Å². The van der Waals surface area contributed by atoms with E-state index in [0.29, 0.717) is 13.1 Å². The number of hydrogen-bond donors (Lipinski definition) is 1. The molecule has 110 valence electrons. The maximum atomic E-state index is 12.6. The molecule has 5 heteroatoms. The zero-order valence-corrected chi connectivity index (χ0v) is 12.9. The lowest BCUT2D eigenvalue weighted by Gasteiger charge is -2.20. The number of nitrogens with two attached hydrogens (primary N) is 1. The van der Waals surface area contributed by atoms with Crippen LogP contribution >= 0.6 is 0 Å². The van der Waals surface area contributed by atoms with Crippen LogP contribution in [0.5, 0.6) is 0 Å². The third-order valence-electron chi connectivity index (χ3n) is 3.16. The third-order valence-corrected chi connectivity index (χ3v) is 5.00. The van der Waals surface area contributed by atoms with Crippen LogP contribution < -0.4 is 5.73 Å². The monoisotopic (exact) mass is 294 g/mol. The topological polar surface area (TPSA) is 63.4 Å². The molecule has 1 aromatic rings. The first kappa shape index (κ1) is 16.7. The van der Waals surface area contributed by atoms with Gasteiger partial charge in [0.25, 0.3) is 0 Å². The van der Waals surface area contributed by atoms with E-state index in [1.165, 1.54) is 4.31 Å². The molecule has 0 aliphatic rings. The van der Waals surface area contributed by atoms with E-state index in [0.717, 1.165) is 24.0 Å². The first-order chi connectivity index (χ1) is 9.51. The summed E-state index contributed by atoms with van der Waals surface area (Å²) in [5, 5.41) is 0. The predicted molar refractivity (Wildman–Crippen MR) is 81.6 cm³/mol. The highest BCUT2D eigenvalue weighted by Crippen LogP contribution is 2.20. The zero-order chi connectivity index (χ0) is 15.2. The van der Waals surface area contributed by atoms with Crippen LogP contribution in [0.3, 0.4) is 0 Å². The van der Waals surface area contributed by atoms with Gasteiger partial charge in [-0.15, -0.1) is 6.42 Å².